The quantitative estimate of drug-likeness (QED) is 0.652. The molecule has 1 heterocycles. The summed E-state index contributed by atoms with van der Waals surface area (Å²) in [5.41, 5.74) is 0.899. The predicted molar refractivity (Wildman–Crippen MR) is 94.4 cm³/mol. The summed E-state index contributed by atoms with van der Waals surface area (Å²) in [5.74, 6) is 1.42. The van der Waals surface area contributed by atoms with Gasteiger partial charge in [0.15, 0.2) is 5.96 Å². The van der Waals surface area contributed by atoms with Gasteiger partial charge in [0, 0.05) is 27.2 Å². The second-order valence-corrected chi connectivity index (χ2v) is 5.91. The lowest BCUT2D eigenvalue weighted by Gasteiger charge is -2.27. The topological polar surface area (TPSA) is 44.0 Å². The third-order valence-electron chi connectivity index (χ3n) is 3.83. The van der Waals surface area contributed by atoms with Crippen LogP contribution in [0, 0.1) is 5.82 Å². The van der Waals surface area contributed by atoms with E-state index >= 15 is 0 Å². The molecule has 1 aromatic carbocycles. The van der Waals surface area contributed by atoms with Crippen LogP contribution in [0.2, 0.25) is 0 Å². The van der Waals surface area contributed by atoms with Crippen LogP contribution in [0.15, 0.2) is 52.1 Å². The minimum Gasteiger partial charge on any atom is -0.468 e. The van der Waals surface area contributed by atoms with Gasteiger partial charge in [-0.2, -0.15) is 0 Å². The number of furan rings is 1. The van der Waals surface area contributed by atoms with Gasteiger partial charge in [-0.25, -0.2) is 4.39 Å². The van der Waals surface area contributed by atoms with E-state index in [0.717, 1.165) is 17.3 Å². The van der Waals surface area contributed by atoms with E-state index in [9.17, 15) is 4.39 Å². The van der Waals surface area contributed by atoms with E-state index in [1.165, 1.54) is 12.1 Å². The molecular formula is C18H25FN4O. The highest BCUT2D eigenvalue weighted by atomic mass is 19.1. The summed E-state index contributed by atoms with van der Waals surface area (Å²) in [5, 5.41) is 3.35. The molecule has 0 saturated carbocycles. The first-order valence-corrected chi connectivity index (χ1v) is 7.87. The largest absolute Gasteiger partial charge is 0.468 e. The van der Waals surface area contributed by atoms with Crippen molar-refractivity contribution in [2.24, 2.45) is 4.99 Å². The van der Waals surface area contributed by atoms with E-state index in [4.69, 9.17) is 4.42 Å². The number of rotatable bonds is 6. The van der Waals surface area contributed by atoms with Crippen LogP contribution in [0.4, 0.5) is 4.39 Å². The molecule has 24 heavy (non-hydrogen) atoms. The zero-order valence-corrected chi connectivity index (χ0v) is 14.7. The summed E-state index contributed by atoms with van der Waals surface area (Å²) in [6, 6.07) is 10.5. The molecule has 1 unspecified atom stereocenters. The molecule has 0 spiro atoms. The molecule has 0 saturated heterocycles. The van der Waals surface area contributed by atoms with Crippen molar-refractivity contribution in [3.05, 3.63) is 59.8 Å². The molecule has 2 rings (SSSR count). The zero-order chi connectivity index (χ0) is 17.5. The van der Waals surface area contributed by atoms with Crippen LogP contribution >= 0.6 is 0 Å². The van der Waals surface area contributed by atoms with Gasteiger partial charge in [0.25, 0.3) is 0 Å². The Bertz CT molecular complexity index is 655. The summed E-state index contributed by atoms with van der Waals surface area (Å²) in [4.78, 5) is 8.36. The third kappa shape index (κ3) is 4.83. The van der Waals surface area contributed by atoms with E-state index in [1.54, 1.807) is 19.4 Å². The molecule has 0 bridgehead atoms. The average Bonchev–Trinajstić information content (AvgIpc) is 3.05. The number of benzene rings is 1. The second-order valence-electron chi connectivity index (χ2n) is 5.91. The Hall–Kier alpha value is -2.34. The molecule has 0 aliphatic heterocycles. The summed E-state index contributed by atoms with van der Waals surface area (Å²) in [6.07, 6.45) is 1.68. The maximum absolute atomic E-state index is 13.3. The van der Waals surface area contributed by atoms with Crippen molar-refractivity contribution < 1.29 is 8.81 Å². The van der Waals surface area contributed by atoms with Crippen molar-refractivity contribution >= 4 is 5.96 Å². The van der Waals surface area contributed by atoms with Crippen LogP contribution in [0.3, 0.4) is 0 Å². The van der Waals surface area contributed by atoms with Gasteiger partial charge < -0.3 is 14.6 Å². The lowest BCUT2D eigenvalue weighted by Crippen LogP contribution is -2.42. The monoisotopic (exact) mass is 332 g/mol. The number of nitrogens with one attached hydrogen (secondary N) is 1. The van der Waals surface area contributed by atoms with E-state index in [2.05, 4.69) is 15.2 Å². The predicted octanol–water partition coefficient (Wildman–Crippen LogP) is 2.73. The van der Waals surface area contributed by atoms with Gasteiger partial charge in [-0.3, -0.25) is 9.89 Å². The lowest BCUT2D eigenvalue weighted by atomic mass is 10.2. The molecule has 0 amide bonds. The zero-order valence-electron chi connectivity index (χ0n) is 14.7. The maximum atomic E-state index is 13.3. The van der Waals surface area contributed by atoms with E-state index in [1.807, 2.05) is 44.2 Å². The number of halogens is 1. The van der Waals surface area contributed by atoms with Gasteiger partial charge in [0.05, 0.1) is 12.3 Å². The standard InChI is InChI=1S/C18H25FN4O/c1-20-18(23(4)13-14-7-5-8-15(19)11-14)21-12-16(22(2)3)17-9-6-10-24-17/h5-11,16H,12-13H2,1-4H3,(H,20,21). The molecule has 1 aromatic heterocycles. The fourth-order valence-corrected chi connectivity index (χ4v) is 2.58. The number of hydrogen-bond acceptors (Lipinski definition) is 3. The fourth-order valence-electron chi connectivity index (χ4n) is 2.58. The van der Waals surface area contributed by atoms with Crippen LogP contribution in [-0.2, 0) is 6.54 Å². The van der Waals surface area contributed by atoms with Crippen molar-refractivity contribution in [3.8, 4) is 0 Å². The summed E-state index contributed by atoms with van der Waals surface area (Å²) >= 11 is 0. The Kier molecular flexibility index (Phi) is 6.37. The van der Waals surface area contributed by atoms with Crippen molar-refractivity contribution in [2.45, 2.75) is 12.6 Å². The van der Waals surface area contributed by atoms with Gasteiger partial charge in [-0.05, 0) is 43.9 Å². The van der Waals surface area contributed by atoms with E-state index in [0.29, 0.717) is 13.1 Å². The SMILES string of the molecule is CN=C(NCC(c1ccco1)N(C)C)N(C)Cc1cccc(F)c1. The summed E-state index contributed by atoms with van der Waals surface area (Å²) in [6.45, 7) is 1.23. The van der Waals surface area contributed by atoms with Crippen molar-refractivity contribution in [1.29, 1.82) is 0 Å². The Balaban J connectivity index is 1.98. The molecule has 130 valence electrons. The fraction of sp³-hybridized carbons (Fsp3) is 0.389. The molecule has 1 atom stereocenters. The van der Waals surface area contributed by atoms with Crippen molar-refractivity contribution in [1.82, 2.24) is 15.1 Å². The molecule has 1 N–H and O–H groups in total. The van der Waals surface area contributed by atoms with E-state index in [-0.39, 0.29) is 11.9 Å². The minimum absolute atomic E-state index is 0.0966. The first-order valence-electron chi connectivity index (χ1n) is 7.87. The molecule has 0 aliphatic carbocycles. The van der Waals surface area contributed by atoms with E-state index < -0.39 is 0 Å². The van der Waals surface area contributed by atoms with Crippen molar-refractivity contribution in [2.75, 3.05) is 34.7 Å². The number of aliphatic imine (C=N–C) groups is 1. The average molecular weight is 332 g/mol. The van der Waals surface area contributed by atoms with Crippen LogP contribution < -0.4 is 5.32 Å². The Morgan fingerprint density at radius 3 is 2.62 bits per heavy atom. The van der Waals surface area contributed by atoms with Crippen molar-refractivity contribution in [3.63, 3.8) is 0 Å². The highest BCUT2D eigenvalue weighted by Crippen LogP contribution is 2.17. The first kappa shape index (κ1) is 18.0. The summed E-state index contributed by atoms with van der Waals surface area (Å²) in [7, 11) is 7.68. The van der Waals surface area contributed by atoms with Crippen LogP contribution in [0.25, 0.3) is 0 Å². The Labute approximate surface area is 142 Å². The number of hydrogen-bond donors (Lipinski definition) is 1. The van der Waals surface area contributed by atoms with Crippen LogP contribution in [0.5, 0.6) is 0 Å². The number of likely N-dealkylation sites (N-methyl/N-ethyl adjacent to an activating group) is 1. The summed E-state index contributed by atoms with van der Waals surface area (Å²) < 4.78 is 18.8. The third-order valence-corrected chi connectivity index (χ3v) is 3.83. The van der Waals surface area contributed by atoms with Crippen LogP contribution in [0.1, 0.15) is 17.4 Å². The molecule has 6 heteroatoms. The molecule has 0 radical (unpaired) electrons. The van der Waals surface area contributed by atoms with Gasteiger partial charge in [0.2, 0.25) is 0 Å². The van der Waals surface area contributed by atoms with Gasteiger partial charge in [0.1, 0.15) is 11.6 Å². The van der Waals surface area contributed by atoms with Gasteiger partial charge in [-0.15, -0.1) is 0 Å². The molecule has 0 fully saturated rings. The lowest BCUT2D eigenvalue weighted by molar-refractivity contribution is 0.256. The first-order chi connectivity index (χ1) is 11.5. The minimum atomic E-state index is -0.227. The second kappa shape index (κ2) is 8.49. The molecule has 5 nitrogen and oxygen atoms in total. The van der Waals surface area contributed by atoms with Gasteiger partial charge in [-0.1, -0.05) is 12.1 Å². The number of nitrogens with zero attached hydrogens (tertiary/aromatic N) is 3. The normalized spacial score (nSPS) is 13.2. The van der Waals surface area contributed by atoms with Crippen LogP contribution in [-0.4, -0.2) is 50.5 Å². The highest BCUT2D eigenvalue weighted by molar-refractivity contribution is 5.79. The Morgan fingerprint density at radius 1 is 1.25 bits per heavy atom. The highest BCUT2D eigenvalue weighted by Gasteiger charge is 2.18. The van der Waals surface area contributed by atoms with Gasteiger partial charge >= 0.3 is 0 Å². The smallest absolute Gasteiger partial charge is 0.193 e. The maximum Gasteiger partial charge on any atom is 0.193 e. The molecule has 2 aromatic rings. The number of guanidine groups is 1. The molecular weight excluding hydrogens is 307 g/mol. The Morgan fingerprint density at radius 2 is 2.04 bits per heavy atom. The molecule has 0 aliphatic rings.